The first-order valence-electron chi connectivity index (χ1n) is 17.2. The van der Waals surface area contributed by atoms with Crippen molar-refractivity contribution in [1.29, 1.82) is 0 Å². The predicted octanol–water partition coefficient (Wildman–Crippen LogP) is 10.4. The SMILES string of the molecule is Cc1ccccc1N1C(C(C)(C)C)N2C(c3ccccc3)(C3CCCCC3)C=CC2(C2CCCCCCCC2)[C@@H]1C. The van der Waals surface area contributed by atoms with Gasteiger partial charge in [-0.15, -0.1) is 0 Å². The van der Waals surface area contributed by atoms with Gasteiger partial charge in [-0.1, -0.05) is 139 Å². The molecule has 2 heteroatoms. The number of rotatable bonds is 4. The summed E-state index contributed by atoms with van der Waals surface area (Å²) < 4.78 is 0. The Morgan fingerprint density at radius 2 is 1.20 bits per heavy atom. The van der Waals surface area contributed by atoms with E-state index in [4.69, 9.17) is 0 Å². The van der Waals surface area contributed by atoms with Crippen molar-refractivity contribution in [2.45, 2.75) is 141 Å². The third-order valence-electron chi connectivity index (χ3n) is 11.7. The fourth-order valence-electron chi connectivity index (χ4n) is 9.87. The Labute approximate surface area is 251 Å². The van der Waals surface area contributed by atoms with Crippen LogP contribution in [0.2, 0.25) is 0 Å². The number of anilines is 1. The van der Waals surface area contributed by atoms with Gasteiger partial charge in [0, 0.05) is 5.69 Å². The van der Waals surface area contributed by atoms with Gasteiger partial charge in [0.2, 0.25) is 0 Å². The van der Waals surface area contributed by atoms with Crippen LogP contribution in [0.4, 0.5) is 5.69 Å². The van der Waals surface area contributed by atoms with Crippen molar-refractivity contribution in [1.82, 2.24) is 4.90 Å². The Morgan fingerprint density at radius 3 is 1.80 bits per heavy atom. The van der Waals surface area contributed by atoms with E-state index < -0.39 is 0 Å². The first kappa shape index (κ1) is 29.0. The Bertz CT molecular complexity index is 1180. The zero-order valence-corrected chi connectivity index (χ0v) is 26.7. The fraction of sp³-hybridized carbons (Fsp3) is 0.641. The molecule has 2 aliphatic carbocycles. The molecular formula is C39H56N2. The lowest BCUT2D eigenvalue weighted by Crippen LogP contribution is -2.63. The Balaban J connectivity index is 1.61. The number of aryl methyl sites for hydroxylation is 1. The Hall–Kier alpha value is -2.06. The van der Waals surface area contributed by atoms with E-state index in [1.54, 1.807) is 0 Å². The number of hydrogen-bond donors (Lipinski definition) is 0. The molecule has 2 nitrogen and oxygen atoms in total. The first-order chi connectivity index (χ1) is 19.8. The van der Waals surface area contributed by atoms with Gasteiger partial charge in [-0.2, -0.15) is 0 Å². The molecule has 2 aliphatic heterocycles. The molecule has 3 fully saturated rings. The van der Waals surface area contributed by atoms with Crippen LogP contribution in [0.15, 0.2) is 66.7 Å². The van der Waals surface area contributed by atoms with Gasteiger partial charge in [-0.05, 0) is 74.0 Å². The van der Waals surface area contributed by atoms with Crippen LogP contribution >= 0.6 is 0 Å². The highest BCUT2D eigenvalue weighted by atomic mass is 15.5. The summed E-state index contributed by atoms with van der Waals surface area (Å²) in [4.78, 5) is 6.09. The summed E-state index contributed by atoms with van der Waals surface area (Å²) in [5.74, 6) is 1.34. The molecule has 0 N–H and O–H groups in total. The maximum absolute atomic E-state index is 3.19. The lowest BCUT2D eigenvalue weighted by atomic mass is 9.68. The Morgan fingerprint density at radius 1 is 0.659 bits per heavy atom. The van der Waals surface area contributed by atoms with Gasteiger partial charge in [0.1, 0.15) is 0 Å². The van der Waals surface area contributed by atoms with Crippen molar-refractivity contribution in [2.75, 3.05) is 4.90 Å². The van der Waals surface area contributed by atoms with E-state index in [1.807, 2.05) is 0 Å². The highest BCUT2D eigenvalue weighted by Gasteiger charge is 2.69. The standard InChI is InChI=1S/C39H56N2/c1-30-20-18-19-27-35(30)40-31(2)38(32-21-12-8-6-7-9-13-22-32)28-29-39(33-23-14-10-15-24-33,34-25-16-11-17-26-34)41(38)36(40)37(3,4)5/h10,14-15,18-20,23-24,27-29,31-32,34,36H,6-9,11-13,16-17,21-22,25-26H2,1-5H3/t31-,36?,38?,39?/m0/s1. The van der Waals surface area contributed by atoms with Crippen LogP contribution < -0.4 is 4.90 Å². The molecule has 0 spiro atoms. The lowest BCUT2D eigenvalue weighted by molar-refractivity contribution is -0.0581. The van der Waals surface area contributed by atoms with Crippen LogP contribution in [0.3, 0.4) is 0 Å². The third-order valence-corrected chi connectivity index (χ3v) is 11.7. The van der Waals surface area contributed by atoms with E-state index in [0.717, 1.165) is 0 Å². The molecule has 6 rings (SSSR count). The Kier molecular flexibility index (Phi) is 8.18. The molecule has 0 radical (unpaired) electrons. The summed E-state index contributed by atoms with van der Waals surface area (Å²) in [7, 11) is 0. The number of benzene rings is 2. The van der Waals surface area contributed by atoms with Crippen molar-refractivity contribution < 1.29 is 0 Å². The van der Waals surface area contributed by atoms with Crippen molar-refractivity contribution >= 4 is 5.69 Å². The van der Waals surface area contributed by atoms with Crippen molar-refractivity contribution in [3.05, 3.63) is 77.9 Å². The highest BCUT2D eigenvalue weighted by Crippen LogP contribution is 2.63. The number of nitrogens with zero attached hydrogens (tertiary/aromatic N) is 2. The molecule has 4 aliphatic rings. The van der Waals surface area contributed by atoms with Gasteiger partial charge >= 0.3 is 0 Å². The van der Waals surface area contributed by atoms with Gasteiger partial charge in [-0.25, -0.2) is 0 Å². The fourth-order valence-corrected chi connectivity index (χ4v) is 9.87. The van der Waals surface area contributed by atoms with Crippen LogP contribution in [0.5, 0.6) is 0 Å². The average Bonchev–Trinajstić information content (AvgIpc) is 3.50. The largest absolute Gasteiger partial charge is 0.350 e. The summed E-state index contributed by atoms with van der Waals surface area (Å²) in [5.41, 5.74) is 4.42. The smallest absolute Gasteiger partial charge is 0.0891 e. The molecule has 1 saturated heterocycles. The molecule has 2 heterocycles. The average molecular weight is 553 g/mol. The molecule has 4 atom stereocenters. The first-order valence-corrected chi connectivity index (χ1v) is 17.2. The second kappa shape index (κ2) is 11.6. The van der Waals surface area contributed by atoms with Crippen LogP contribution in [0, 0.1) is 24.2 Å². The van der Waals surface area contributed by atoms with E-state index in [9.17, 15) is 0 Å². The molecule has 222 valence electrons. The van der Waals surface area contributed by atoms with Crippen LogP contribution in [-0.2, 0) is 5.54 Å². The minimum absolute atomic E-state index is 0.0257. The van der Waals surface area contributed by atoms with Gasteiger partial charge in [0.15, 0.2) is 0 Å². The quantitative estimate of drug-likeness (QED) is 0.348. The van der Waals surface area contributed by atoms with Gasteiger partial charge < -0.3 is 4.90 Å². The molecular weight excluding hydrogens is 496 g/mol. The summed E-state index contributed by atoms with van der Waals surface area (Å²) in [6.45, 7) is 12.5. The molecule has 0 bridgehead atoms. The minimum Gasteiger partial charge on any atom is -0.350 e. The molecule has 3 unspecified atom stereocenters. The van der Waals surface area contributed by atoms with Crippen molar-refractivity contribution in [2.24, 2.45) is 17.3 Å². The topological polar surface area (TPSA) is 6.48 Å². The number of fused-ring (bicyclic) bond motifs is 1. The highest BCUT2D eigenvalue weighted by molar-refractivity contribution is 5.60. The maximum atomic E-state index is 3.19. The molecule has 2 aromatic rings. The molecule has 2 aromatic carbocycles. The van der Waals surface area contributed by atoms with Gasteiger partial charge in [0.25, 0.3) is 0 Å². The molecule has 41 heavy (non-hydrogen) atoms. The van der Waals surface area contributed by atoms with Crippen LogP contribution in [0.25, 0.3) is 0 Å². The van der Waals surface area contributed by atoms with E-state index in [0.29, 0.717) is 24.0 Å². The van der Waals surface area contributed by atoms with Crippen molar-refractivity contribution in [3.8, 4) is 0 Å². The van der Waals surface area contributed by atoms with E-state index >= 15 is 0 Å². The number of para-hydroxylation sites is 1. The summed E-state index contributed by atoms with van der Waals surface area (Å²) in [6.07, 6.45) is 23.8. The molecule has 0 aromatic heterocycles. The van der Waals surface area contributed by atoms with E-state index in [1.165, 1.54) is 100 Å². The van der Waals surface area contributed by atoms with Crippen LogP contribution in [-0.4, -0.2) is 22.6 Å². The third kappa shape index (κ3) is 4.81. The molecule has 2 saturated carbocycles. The second-order valence-corrected chi connectivity index (χ2v) is 15.1. The zero-order chi connectivity index (χ0) is 28.7. The maximum Gasteiger partial charge on any atom is 0.0891 e. The van der Waals surface area contributed by atoms with Gasteiger partial charge in [-0.3, -0.25) is 4.90 Å². The van der Waals surface area contributed by atoms with Gasteiger partial charge in [0.05, 0.1) is 23.3 Å². The lowest BCUT2D eigenvalue weighted by Gasteiger charge is -2.55. The summed E-state index contributed by atoms with van der Waals surface area (Å²) in [6, 6.07) is 21.4. The minimum atomic E-state index is -0.0657. The van der Waals surface area contributed by atoms with Crippen molar-refractivity contribution in [3.63, 3.8) is 0 Å². The zero-order valence-electron chi connectivity index (χ0n) is 26.7. The summed E-state index contributed by atoms with van der Waals surface area (Å²) in [5, 5.41) is 0. The van der Waals surface area contributed by atoms with E-state index in [-0.39, 0.29) is 16.5 Å². The second-order valence-electron chi connectivity index (χ2n) is 15.1. The molecule has 0 amide bonds. The van der Waals surface area contributed by atoms with E-state index in [2.05, 4.69) is 111 Å². The monoisotopic (exact) mass is 552 g/mol. The number of hydrogen-bond acceptors (Lipinski definition) is 2. The normalized spacial score (nSPS) is 32.5. The summed E-state index contributed by atoms with van der Waals surface area (Å²) >= 11 is 0. The predicted molar refractivity (Wildman–Crippen MR) is 175 cm³/mol. The van der Waals surface area contributed by atoms with Crippen LogP contribution in [0.1, 0.15) is 122 Å².